The monoisotopic (exact) mass is 341 g/mol. The molecule has 6 nitrogen and oxygen atoms in total. The average molecular weight is 341 g/mol. The van der Waals surface area contributed by atoms with Gasteiger partial charge >= 0.3 is 6.03 Å². The van der Waals surface area contributed by atoms with Crippen LogP contribution in [0.15, 0.2) is 24.3 Å². The van der Waals surface area contributed by atoms with Crippen LogP contribution in [0, 0.1) is 6.92 Å². The van der Waals surface area contributed by atoms with Gasteiger partial charge in [-0.05, 0) is 38.7 Å². The first kappa shape index (κ1) is 16.1. The summed E-state index contributed by atoms with van der Waals surface area (Å²) in [5.41, 5.74) is 1.49. The molecule has 0 unspecified atom stereocenters. The first-order chi connectivity index (χ1) is 11.9. The van der Waals surface area contributed by atoms with Gasteiger partial charge in [0.15, 0.2) is 0 Å². The Morgan fingerprint density at radius 2 is 1.84 bits per heavy atom. The molecule has 3 heterocycles. The number of urea groups is 1. The smallest absolute Gasteiger partial charge is 0.328 e. The van der Waals surface area contributed by atoms with E-state index in [0.29, 0.717) is 32.5 Å². The van der Waals surface area contributed by atoms with Crippen LogP contribution in [0.25, 0.3) is 0 Å². The van der Waals surface area contributed by atoms with Crippen molar-refractivity contribution >= 4 is 17.8 Å². The van der Waals surface area contributed by atoms with Crippen molar-refractivity contribution in [3.8, 4) is 0 Å². The summed E-state index contributed by atoms with van der Waals surface area (Å²) in [5.74, 6) is -0.322. The standard InChI is InChI=1S/C19H23N3O3/c1-13-4-6-14(7-5-13)12-20-11-8-15(16(20)23)22-17(24)19(2)9-3-10-21(19)18(22)25/h4-7,15H,3,8-12H2,1-2H3/t15-,19+/m1/s1. The zero-order valence-corrected chi connectivity index (χ0v) is 14.7. The molecule has 4 rings (SSSR count). The van der Waals surface area contributed by atoms with E-state index >= 15 is 0 Å². The molecule has 0 radical (unpaired) electrons. The maximum atomic E-state index is 12.8. The van der Waals surface area contributed by atoms with Gasteiger partial charge in [-0.2, -0.15) is 0 Å². The second kappa shape index (κ2) is 5.58. The Bertz CT molecular complexity index is 745. The molecule has 132 valence electrons. The maximum Gasteiger partial charge on any atom is 0.328 e. The first-order valence-corrected chi connectivity index (χ1v) is 8.91. The zero-order valence-electron chi connectivity index (χ0n) is 14.7. The maximum absolute atomic E-state index is 12.8. The van der Waals surface area contributed by atoms with Crippen LogP contribution in [0.2, 0.25) is 0 Å². The number of hydrogen-bond donors (Lipinski definition) is 0. The van der Waals surface area contributed by atoms with Gasteiger partial charge in [-0.25, -0.2) is 9.69 Å². The van der Waals surface area contributed by atoms with E-state index in [2.05, 4.69) is 0 Å². The van der Waals surface area contributed by atoms with Crippen molar-refractivity contribution in [1.29, 1.82) is 0 Å². The molecule has 1 aromatic rings. The molecule has 6 heteroatoms. The van der Waals surface area contributed by atoms with Gasteiger partial charge in [-0.1, -0.05) is 29.8 Å². The van der Waals surface area contributed by atoms with Crippen LogP contribution >= 0.6 is 0 Å². The summed E-state index contributed by atoms with van der Waals surface area (Å²) in [6, 6.07) is 7.14. The number of amides is 4. The van der Waals surface area contributed by atoms with Gasteiger partial charge in [0.1, 0.15) is 11.6 Å². The van der Waals surface area contributed by atoms with Crippen molar-refractivity contribution in [2.75, 3.05) is 13.1 Å². The van der Waals surface area contributed by atoms with E-state index in [9.17, 15) is 14.4 Å². The van der Waals surface area contributed by atoms with Crippen LogP contribution in [-0.4, -0.2) is 57.2 Å². The number of benzene rings is 1. The van der Waals surface area contributed by atoms with Crippen molar-refractivity contribution in [2.24, 2.45) is 0 Å². The Labute approximate surface area is 147 Å². The SMILES string of the molecule is Cc1ccc(CN2CC[C@@H](N3C(=O)N4CCC[C@@]4(C)C3=O)C2=O)cc1. The first-order valence-electron chi connectivity index (χ1n) is 8.91. The molecule has 1 aromatic carbocycles. The van der Waals surface area contributed by atoms with E-state index in [4.69, 9.17) is 0 Å². The Hall–Kier alpha value is -2.37. The molecule has 3 aliphatic heterocycles. The lowest BCUT2D eigenvalue weighted by Crippen LogP contribution is -2.47. The fourth-order valence-electron chi connectivity index (χ4n) is 4.28. The van der Waals surface area contributed by atoms with E-state index in [1.165, 1.54) is 10.5 Å². The lowest BCUT2D eigenvalue weighted by atomic mass is 9.99. The number of aryl methyl sites for hydroxylation is 1. The van der Waals surface area contributed by atoms with Crippen LogP contribution < -0.4 is 0 Å². The normalized spacial score (nSPS) is 29.1. The fourth-order valence-corrected chi connectivity index (χ4v) is 4.28. The number of carbonyl (C=O) groups is 3. The molecule has 4 amide bonds. The van der Waals surface area contributed by atoms with Crippen LogP contribution in [0.5, 0.6) is 0 Å². The van der Waals surface area contributed by atoms with Crippen molar-refractivity contribution in [3.05, 3.63) is 35.4 Å². The Morgan fingerprint density at radius 1 is 1.12 bits per heavy atom. The van der Waals surface area contributed by atoms with Crippen molar-refractivity contribution in [3.63, 3.8) is 0 Å². The second-order valence-corrected chi connectivity index (χ2v) is 7.54. The Morgan fingerprint density at radius 3 is 2.52 bits per heavy atom. The van der Waals surface area contributed by atoms with Crippen molar-refractivity contribution in [2.45, 2.75) is 51.2 Å². The summed E-state index contributed by atoms with van der Waals surface area (Å²) in [6.45, 7) is 5.55. The minimum atomic E-state index is -0.748. The predicted molar refractivity (Wildman–Crippen MR) is 91.6 cm³/mol. The molecule has 0 aliphatic carbocycles. The molecule has 0 spiro atoms. The molecule has 3 aliphatic rings. The lowest BCUT2D eigenvalue weighted by Gasteiger charge is -2.23. The van der Waals surface area contributed by atoms with E-state index < -0.39 is 11.6 Å². The van der Waals surface area contributed by atoms with E-state index in [1.807, 2.05) is 38.1 Å². The van der Waals surface area contributed by atoms with Gasteiger partial charge in [0, 0.05) is 19.6 Å². The molecule has 2 atom stereocenters. The number of imide groups is 1. The zero-order chi connectivity index (χ0) is 17.8. The van der Waals surface area contributed by atoms with Crippen molar-refractivity contribution in [1.82, 2.24) is 14.7 Å². The molecule has 3 fully saturated rings. The molecular weight excluding hydrogens is 318 g/mol. The highest BCUT2D eigenvalue weighted by Gasteiger charge is 2.59. The largest absolute Gasteiger partial charge is 0.336 e. The molecular formula is C19H23N3O3. The third kappa shape index (κ3) is 2.34. The number of rotatable bonds is 3. The Balaban J connectivity index is 1.51. The number of carbonyl (C=O) groups excluding carboxylic acids is 3. The quantitative estimate of drug-likeness (QED) is 0.789. The van der Waals surface area contributed by atoms with Crippen LogP contribution in [0.3, 0.4) is 0 Å². The van der Waals surface area contributed by atoms with E-state index in [1.54, 1.807) is 9.80 Å². The average Bonchev–Trinajstić information content (AvgIpc) is 3.19. The summed E-state index contributed by atoms with van der Waals surface area (Å²) in [7, 11) is 0. The highest BCUT2D eigenvalue weighted by molar-refractivity contribution is 6.10. The number of nitrogens with zero attached hydrogens (tertiary/aromatic N) is 3. The molecule has 0 saturated carbocycles. The third-order valence-electron chi connectivity index (χ3n) is 5.83. The van der Waals surface area contributed by atoms with E-state index in [-0.39, 0.29) is 17.8 Å². The van der Waals surface area contributed by atoms with E-state index in [0.717, 1.165) is 12.0 Å². The summed E-state index contributed by atoms with van der Waals surface area (Å²) in [4.78, 5) is 43.0. The van der Waals surface area contributed by atoms with Gasteiger partial charge in [0.2, 0.25) is 5.91 Å². The topological polar surface area (TPSA) is 60.9 Å². The van der Waals surface area contributed by atoms with Crippen LogP contribution in [-0.2, 0) is 16.1 Å². The lowest BCUT2D eigenvalue weighted by molar-refractivity contribution is -0.140. The van der Waals surface area contributed by atoms with Gasteiger partial charge in [0.05, 0.1) is 0 Å². The summed E-state index contributed by atoms with van der Waals surface area (Å²) >= 11 is 0. The molecule has 0 aromatic heterocycles. The third-order valence-corrected chi connectivity index (χ3v) is 5.83. The molecule has 25 heavy (non-hydrogen) atoms. The molecule has 0 N–H and O–H groups in total. The minimum absolute atomic E-state index is 0.118. The highest BCUT2D eigenvalue weighted by atomic mass is 16.2. The number of fused-ring (bicyclic) bond motifs is 1. The second-order valence-electron chi connectivity index (χ2n) is 7.54. The molecule has 0 bridgehead atoms. The van der Waals surface area contributed by atoms with Crippen molar-refractivity contribution < 1.29 is 14.4 Å². The van der Waals surface area contributed by atoms with Crippen LogP contribution in [0.1, 0.15) is 37.3 Å². The summed E-state index contributed by atoms with van der Waals surface area (Å²) < 4.78 is 0. The van der Waals surface area contributed by atoms with Gasteiger partial charge in [-0.15, -0.1) is 0 Å². The highest BCUT2D eigenvalue weighted by Crippen LogP contribution is 2.39. The van der Waals surface area contributed by atoms with Crippen LogP contribution in [0.4, 0.5) is 4.79 Å². The van der Waals surface area contributed by atoms with Gasteiger partial charge in [0.25, 0.3) is 5.91 Å². The van der Waals surface area contributed by atoms with Gasteiger partial charge in [-0.3, -0.25) is 9.59 Å². The number of likely N-dealkylation sites (tertiary alicyclic amines) is 1. The van der Waals surface area contributed by atoms with Gasteiger partial charge < -0.3 is 9.80 Å². The summed E-state index contributed by atoms with van der Waals surface area (Å²) in [5, 5.41) is 0. The molecule has 3 saturated heterocycles. The Kier molecular flexibility index (Phi) is 3.60. The fraction of sp³-hybridized carbons (Fsp3) is 0.526. The minimum Gasteiger partial charge on any atom is -0.336 e. The summed E-state index contributed by atoms with van der Waals surface area (Å²) in [6.07, 6.45) is 2.05. The predicted octanol–water partition coefficient (Wildman–Crippen LogP) is 1.91. The number of hydrogen-bond acceptors (Lipinski definition) is 3.